The summed E-state index contributed by atoms with van der Waals surface area (Å²) in [6, 6.07) is 0. The first kappa shape index (κ1) is 12.5. The largest absolute Gasteiger partial charge is 0.482 e. The first-order valence-electron chi connectivity index (χ1n) is 3.03. The minimum absolute atomic E-state index is 1.16. The lowest BCUT2D eigenvalue weighted by atomic mass is 10.5. The van der Waals surface area contributed by atoms with Gasteiger partial charge in [0.15, 0.2) is 0 Å². The van der Waals surface area contributed by atoms with Crippen molar-refractivity contribution in [2.24, 2.45) is 0 Å². The first-order valence-corrected chi connectivity index (χ1v) is 3.03. The molecule has 0 bridgehead atoms. The van der Waals surface area contributed by atoms with Crippen LogP contribution in [0.15, 0.2) is 0 Å². The summed E-state index contributed by atoms with van der Waals surface area (Å²) in [6.07, 6.45) is -15.4. The van der Waals surface area contributed by atoms with Gasteiger partial charge in [-0.1, -0.05) is 0 Å². The Kier molecular flexibility index (Phi) is 3.95. The summed E-state index contributed by atoms with van der Waals surface area (Å²) < 4.78 is 83.0. The lowest BCUT2D eigenvalue weighted by molar-refractivity contribution is -0.391. The van der Waals surface area contributed by atoms with Crippen molar-refractivity contribution in [3.63, 3.8) is 0 Å². The summed E-state index contributed by atoms with van der Waals surface area (Å²) in [7, 11) is 0. The second-order valence-corrected chi connectivity index (χ2v) is 2.04. The quantitative estimate of drug-likeness (QED) is 0.654. The van der Waals surface area contributed by atoms with E-state index in [1.807, 2.05) is 0 Å². The second kappa shape index (κ2) is 4.12. The molecule has 1 nitrogen and oxygen atoms in total. The average molecular weight is 214 g/mol. The molecule has 0 radical (unpaired) electrons. The Morgan fingerprint density at radius 3 is 1.77 bits per heavy atom. The normalized spacial score (nSPS) is 13.8. The van der Waals surface area contributed by atoms with Gasteiger partial charge in [0.25, 0.3) is 0 Å². The lowest BCUT2D eigenvalue weighted by Gasteiger charge is -2.18. The predicted octanol–water partition coefficient (Wildman–Crippen LogP) is 2.81. The zero-order valence-corrected chi connectivity index (χ0v) is 6.05. The second-order valence-electron chi connectivity index (χ2n) is 2.04. The molecular formula is C5H5F7O. The molecule has 80 valence electrons. The molecule has 0 saturated heterocycles. The molecule has 0 aliphatic rings. The van der Waals surface area contributed by atoms with E-state index >= 15 is 0 Å². The van der Waals surface area contributed by atoms with E-state index in [2.05, 4.69) is 4.74 Å². The summed E-state index contributed by atoms with van der Waals surface area (Å²) in [5.74, 6) is 0. The molecule has 0 amide bonds. The molecule has 0 rings (SSSR count). The lowest BCUT2D eigenvalue weighted by Crippen LogP contribution is -2.39. The maximum Gasteiger partial charge on any atom is 0.482 e. The third-order valence-electron chi connectivity index (χ3n) is 0.949. The molecule has 0 aromatic heterocycles. The van der Waals surface area contributed by atoms with Gasteiger partial charge in [-0.15, -0.1) is 0 Å². The van der Waals surface area contributed by atoms with Gasteiger partial charge in [-0.3, -0.25) is 0 Å². The van der Waals surface area contributed by atoms with E-state index in [9.17, 15) is 30.7 Å². The Morgan fingerprint density at radius 1 is 1.00 bits per heavy atom. The number of hydrogen-bond acceptors (Lipinski definition) is 1. The fourth-order valence-corrected chi connectivity index (χ4v) is 0.358. The molecule has 0 aromatic carbocycles. The summed E-state index contributed by atoms with van der Waals surface area (Å²) in [5, 5.41) is 0. The highest BCUT2D eigenvalue weighted by Gasteiger charge is 2.59. The van der Waals surface area contributed by atoms with Crippen molar-refractivity contribution >= 4 is 0 Å². The van der Waals surface area contributed by atoms with E-state index < -0.39 is 31.7 Å². The Labute approximate surface area is 68.5 Å². The zero-order chi connectivity index (χ0) is 10.7. The van der Waals surface area contributed by atoms with Gasteiger partial charge in [0.1, 0.15) is 0 Å². The van der Waals surface area contributed by atoms with Crippen molar-refractivity contribution in [2.45, 2.75) is 25.1 Å². The molecule has 0 aliphatic carbocycles. The van der Waals surface area contributed by atoms with Crippen molar-refractivity contribution in [1.82, 2.24) is 0 Å². The monoisotopic (exact) mass is 214 g/mol. The van der Waals surface area contributed by atoms with Crippen LogP contribution in [-0.2, 0) is 4.74 Å². The van der Waals surface area contributed by atoms with Crippen LogP contribution in [0.5, 0.6) is 0 Å². The summed E-state index contributed by atoms with van der Waals surface area (Å²) in [4.78, 5) is 0. The standard InChI is InChI=1S/C5H5F7O/c6-3(7)1-2-13-5(11,12)4(8,9)10/h3H,1-2H2. The van der Waals surface area contributed by atoms with E-state index in [0.717, 1.165) is 0 Å². The van der Waals surface area contributed by atoms with Crippen LogP contribution in [0.1, 0.15) is 6.42 Å². The smallest absolute Gasteiger partial charge is 0.313 e. The van der Waals surface area contributed by atoms with E-state index in [1.165, 1.54) is 0 Å². The molecule has 0 heterocycles. The highest BCUT2D eigenvalue weighted by molar-refractivity contribution is 4.63. The van der Waals surface area contributed by atoms with E-state index in [-0.39, 0.29) is 0 Å². The molecule has 0 fully saturated rings. The average Bonchev–Trinajstić information content (AvgIpc) is 1.82. The summed E-state index contributed by atoms with van der Waals surface area (Å²) in [6.45, 7) is -1.34. The van der Waals surface area contributed by atoms with Crippen LogP contribution in [0.3, 0.4) is 0 Å². The van der Waals surface area contributed by atoms with Crippen molar-refractivity contribution in [2.75, 3.05) is 6.61 Å². The van der Waals surface area contributed by atoms with Crippen molar-refractivity contribution in [3.05, 3.63) is 0 Å². The first-order chi connectivity index (χ1) is 5.67. The van der Waals surface area contributed by atoms with Crippen LogP contribution >= 0.6 is 0 Å². The van der Waals surface area contributed by atoms with Gasteiger partial charge in [0.05, 0.1) is 6.61 Å². The third kappa shape index (κ3) is 4.30. The SMILES string of the molecule is FC(F)CCOC(F)(F)C(F)(F)F. The van der Waals surface area contributed by atoms with E-state index in [4.69, 9.17) is 0 Å². The minimum atomic E-state index is -5.87. The highest BCUT2D eigenvalue weighted by Crippen LogP contribution is 2.36. The number of halogens is 7. The number of alkyl halides is 7. The number of rotatable bonds is 4. The van der Waals surface area contributed by atoms with Crippen LogP contribution in [0.25, 0.3) is 0 Å². The molecule has 0 N–H and O–H groups in total. The van der Waals surface area contributed by atoms with Crippen LogP contribution in [-0.4, -0.2) is 25.3 Å². The Morgan fingerprint density at radius 2 is 1.46 bits per heavy atom. The van der Waals surface area contributed by atoms with Crippen LogP contribution in [0, 0.1) is 0 Å². The molecule has 0 aliphatic heterocycles. The molecule has 0 unspecified atom stereocenters. The van der Waals surface area contributed by atoms with Crippen molar-refractivity contribution in [3.8, 4) is 0 Å². The van der Waals surface area contributed by atoms with E-state index in [0.29, 0.717) is 0 Å². The Bertz CT molecular complexity index is 151. The topological polar surface area (TPSA) is 9.23 Å². The van der Waals surface area contributed by atoms with Crippen LogP contribution < -0.4 is 0 Å². The van der Waals surface area contributed by atoms with Gasteiger partial charge in [-0.25, -0.2) is 8.78 Å². The van der Waals surface area contributed by atoms with Gasteiger partial charge < -0.3 is 4.74 Å². The van der Waals surface area contributed by atoms with Crippen LogP contribution in [0.2, 0.25) is 0 Å². The van der Waals surface area contributed by atoms with Gasteiger partial charge in [-0.2, -0.15) is 22.0 Å². The predicted molar refractivity (Wildman–Crippen MR) is 27.6 cm³/mol. The summed E-state index contributed by atoms with van der Waals surface area (Å²) in [5.41, 5.74) is 0. The number of hydrogen-bond donors (Lipinski definition) is 0. The molecule has 13 heavy (non-hydrogen) atoms. The highest BCUT2D eigenvalue weighted by atomic mass is 19.4. The van der Waals surface area contributed by atoms with Gasteiger partial charge in [-0.05, 0) is 0 Å². The molecular weight excluding hydrogens is 209 g/mol. The van der Waals surface area contributed by atoms with Crippen molar-refractivity contribution < 1.29 is 35.5 Å². The molecule has 0 saturated carbocycles. The summed E-state index contributed by atoms with van der Waals surface area (Å²) >= 11 is 0. The third-order valence-corrected chi connectivity index (χ3v) is 0.949. The van der Waals surface area contributed by atoms with Crippen molar-refractivity contribution in [1.29, 1.82) is 0 Å². The Balaban J connectivity index is 3.90. The van der Waals surface area contributed by atoms with Gasteiger partial charge in [0, 0.05) is 6.42 Å². The Hall–Kier alpha value is -0.530. The molecule has 0 aromatic rings. The maximum atomic E-state index is 11.8. The van der Waals surface area contributed by atoms with Gasteiger partial charge >= 0.3 is 12.3 Å². The fraction of sp³-hybridized carbons (Fsp3) is 1.00. The molecule has 0 spiro atoms. The maximum absolute atomic E-state index is 11.8. The van der Waals surface area contributed by atoms with E-state index in [1.54, 1.807) is 0 Å². The fourth-order valence-electron chi connectivity index (χ4n) is 0.358. The zero-order valence-electron chi connectivity index (χ0n) is 6.05. The minimum Gasteiger partial charge on any atom is -0.313 e. The molecule has 8 heteroatoms. The van der Waals surface area contributed by atoms with Gasteiger partial charge in [0.2, 0.25) is 6.43 Å². The number of ether oxygens (including phenoxy) is 1. The molecule has 0 atom stereocenters. The van der Waals surface area contributed by atoms with Crippen LogP contribution in [0.4, 0.5) is 30.7 Å².